The van der Waals surface area contributed by atoms with E-state index < -0.39 is 105 Å². The van der Waals surface area contributed by atoms with E-state index in [1.165, 1.54) is 23.6 Å². The smallest absolute Gasteiger partial charge is 0.394 e. The van der Waals surface area contributed by atoms with Gasteiger partial charge in [0.15, 0.2) is 0 Å². The lowest BCUT2D eigenvalue weighted by Gasteiger charge is -2.72. The third-order valence-corrected chi connectivity index (χ3v) is 9.97. The zero-order chi connectivity index (χ0) is 26.7. The molecule has 0 radical (unpaired) electrons. The minimum absolute atomic E-state index is 0.176. The first-order valence-electron chi connectivity index (χ1n) is 11.9. The molecule has 37 heavy (non-hydrogen) atoms. The van der Waals surface area contributed by atoms with Crippen LogP contribution in [0.15, 0.2) is 0 Å². The average molecular weight is 546 g/mol. The van der Waals surface area contributed by atoms with E-state index in [1.807, 2.05) is 0 Å². The summed E-state index contributed by atoms with van der Waals surface area (Å²) in [7, 11) is -4.82. The van der Waals surface area contributed by atoms with Gasteiger partial charge in [-0.3, -0.25) is 39.1 Å². The normalized spacial score (nSPS) is 50.8. The molecule has 6 rings (SSSR count). The van der Waals surface area contributed by atoms with Crippen molar-refractivity contribution < 1.29 is 57.4 Å². The summed E-state index contributed by atoms with van der Waals surface area (Å²) in [6.45, 7) is 1.78. The Labute approximate surface area is 209 Å². The number of carbonyl (C=O) groups excluding carboxylic acids is 4. The lowest BCUT2D eigenvalue weighted by molar-refractivity contribution is -0.242. The highest BCUT2D eigenvalue weighted by atomic mass is 31.2. The van der Waals surface area contributed by atoms with E-state index >= 15 is 0 Å². The Bertz CT molecular complexity index is 1060. The van der Waals surface area contributed by atoms with E-state index in [2.05, 4.69) is 10.6 Å². The Balaban J connectivity index is 1.52. The predicted octanol–water partition coefficient (Wildman–Crippen LogP) is -2.05. The molecule has 204 valence electrons. The van der Waals surface area contributed by atoms with Gasteiger partial charge in [-0.15, -0.1) is 0 Å². The molecule has 16 nitrogen and oxygen atoms in total. The van der Waals surface area contributed by atoms with Crippen molar-refractivity contribution in [2.24, 2.45) is 10.8 Å². The van der Waals surface area contributed by atoms with Crippen LogP contribution >= 0.6 is 7.82 Å². The van der Waals surface area contributed by atoms with E-state index in [1.54, 1.807) is 0 Å². The summed E-state index contributed by atoms with van der Waals surface area (Å²) in [4.78, 5) is 65.8. The van der Waals surface area contributed by atoms with Gasteiger partial charge >= 0.3 is 19.9 Å². The number of amides is 6. The van der Waals surface area contributed by atoms with Crippen LogP contribution in [0.2, 0.25) is 0 Å². The van der Waals surface area contributed by atoms with Crippen molar-refractivity contribution in [2.45, 2.75) is 75.6 Å². The molecule has 0 spiro atoms. The van der Waals surface area contributed by atoms with Gasteiger partial charge in [-0.2, -0.15) is 0 Å². The van der Waals surface area contributed by atoms with Gasteiger partial charge in [-0.25, -0.2) is 14.2 Å². The van der Waals surface area contributed by atoms with Gasteiger partial charge in [-0.1, -0.05) is 0 Å². The maximum atomic E-state index is 13.2. The fraction of sp³-hybridized carbons (Fsp3) is 0.800. The summed E-state index contributed by atoms with van der Waals surface area (Å²) in [6.07, 6.45) is -7.27. The first-order valence-corrected chi connectivity index (χ1v) is 13.4. The number of phosphoric acid groups is 1. The predicted molar refractivity (Wildman–Crippen MR) is 115 cm³/mol. The highest BCUT2D eigenvalue weighted by molar-refractivity contribution is 7.47. The molecule has 1 unspecified atom stereocenters. The molecule has 4 bridgehead atoms. The highest BCUT2D eigenvalue weighted by Gasteiger charge is 2.82. The number of nitrogens with one attached hydrogen (secondary N) is 2. The van der Waals surface area contributed by atoms with Gasteiger partial charge in [-0.05, 0) is 13.8 Å². The molecule has 6 amide bonds. The molecule has 0 aromatic heterocycles. The second-order valence-corrected chi connectivity index (χ2v) is 11.8. The van der Waals surface area contributed by atoms with Crippen molar-refractivity contribution in [2.75, 3.05) is 13.2 Å². The van der Waals surface area contributed by atoms with Crippen LogP contribution in [0, 0.1) is 10.8 Å². The maximum absolute atomic E-state index is 13.2. The number of ether oxygens (including phenoxy) is 2. The molecular formula is C20H27N4O12P. The summed E-state index contributed by atoms with van der Waals surface area (Å²) < 4.78 is 35.2. The molecule has 1 saturated carbocycles. The minimum atomic E-state index is -4.82. The number of aliphatic hydroxyl groups excluding tert-OH is 2. The number of rotatable bonds is 2. The van der Waals surface area contributed by atoms with Crippen LogP contribution in [0.25, 0.3) is 0 Å². The van der Waals surface area contributed by atoms with Gasteiger partial charge in [0, 0.05) is 12.8 Å². The Hall–Kier alpha value is -2.17. The number of aliphatic hydroxyl groups is 2. The van der Waals surface area contributed by atoms with Crippen LogP contribution in [-0.2, 0) is 32.7 Å². The second kappa shape index (κ2) is 7.93. The van der Waals surface area contributed by atoms with Gasteiger partial charge in [0.1, 0.15) is 36.9 Å². The topological polar surface area (TPSA) is 213 Å². The van der Waals surface area contributed by atoms with Crippen molar-refractivity contribution in [3.8, 4) is 0 Å². The minimum Gasteiger partial charge on any atom is -0.394 e. The van der Waals surface area contributed by atoms with E-state index in [0.29, 0.717) is 0 Å². The van der Waals surface area contributed by atoms with Gasteiger partial charge in [0.05, 0.1) is 36.1 Å². The summed E-state index contributed by atoms with van der Waals surface area (Å²) in [5, 5.41) is 24.2. The Morgan fingerprint density at radius 1 is 0.838 bits per heavy atom. The molecule has 11 atom stereocenters. The molecule has 6 fully saturated rings. The number of fused-ring (bicyclic) bond motifs is 7. The summed E-state index contributed by atoms with van der Waals surface area (Å²) in [5.74, 6) is -1.42. The van der Waals surface area contributed by atoms with Crippen molar-refractivity contribution in [3.05, 3.63) is 0 Å². The van der Waals surface area contributed by atoms with E-state index in [9.17, 15) is 38.8 Å². The molecule has 5 aliphatic heterocycles. The molecule has 6 aliphatic rings. The molecule has 17 heteroatoms. The fourth-order valence-electron chi connectivity index (χ4n) is 6.87. The van der Waals surface area contributed by atoms with Crippen LogP contribution in [0.4, 0.5) is 9.59 Å². The number of imide groups is 2. The number of hydrogen-bond donors (Lipinski definition) is 5. The van der Waals surface area contributed by atoms with Gasteiger partial charge < -0.3 is 24.6 Å². The largest absolute Gasteiger partial charge is 0.472 e. The third kappa shape index (κ3) is 3.12. The third-order valence-electron chi connectivity index (χ3n) is 8.89. The second-order valence-electron chi connectivity index (χ2n) is 10.5. The molecule has 1 aliphatic carbocycles. The Morgan fingerprint density at radius 3 is 1.57 bits per heavy atom. The quantitative estimate of drug-likeness (QED) is 0.237. The highest BCUT2D eigenvalue weighted by Crippen LogP contribution is 2.64. The van der Waals surface area contributed by atoms with Crippen LogP contribution in [0.5, 0.6) is 0 Å². The van der Waals surface area contributed by atoms with E-state index in [0.717, 1.165) is 0 Å². The molecule has 0 aromatic rings. The average Bonchev–Trinajstić information content (AvgIpc) is 3.40. The van der Waals surface area contributed by atoms with Crippen molar-refractivity contribution in [3.63, 3.8) is 0 Å². The molecule has 5 N–H and O–H groups in total. The summed E-state index contributed by atoms with van der Waals surface area (Å²) in [5.41, 5.74) is -3.02. The lowest BCUT2D eigenvalue weighted by atomic mass is 9.42. The summed E-state index contributed by atoms with van der Waals surface area (Å²) in [6, 6.07) is -3.83. The lowest BCUT2D eigenvalue weighted by Crippen LogP contribution is -2.92. The number of phosphoric ester groups is 1. The monoisotopic (exact) mass is 546 g/mol. The number of carbonyl (C=O) groups is 4. The number of urea groups is 2. The Kier molecular flexibility index (Phi) is 5.38. The maximum Gasteiger partial charge on any atom is 0.472 e. The van der Waals surface area contributed by atoms with Crippen LogP contribution in [0.3, 0.4) is 0 Å². The fourth-order valence-corrected chi connectivity index (χ4v) is 8.04. The van der Waals surface area contributed by atoms with E-state index in [-0.39, 0.29) is 12.8 Å². The van der Waals surface area contributed by atoms with Crippen LogP contribution in [0.1, 0.15) is 26.7 Å². The molecule has 5 saturated heterocycles. The van der Waals surface area contributed by atoms with E-state index in [4.69, 9.17) is 18.5 Å². The van der Waals surface area contributed by atoms with Gasteiger partial charge in [0.25, 0.3) is 0 Å². The SMILES string of the molecule is C[C@]12C(=O)NC(=O)N3[C@H]1[C@H]1N(C(=O)NC(=O)[C@]12C)[C@H]1C[C@H](OP(=O)(O)O[C@H]2C[C@H]3O[C@@H]2CO)[C@@H](CO)O1. The number of hydrogen-bond acceptors (Lipinski definition) is 11. The first-order chi connectivity index (χ1) is 17.4. The van der Waals surface area contributed by atoms with Crippen molar-refractivity contribution in [1.29, 1.82) is 0 Å². The zero-order valence-electron chi connectivity index (χ0n) is 19.8. The molecular weight excluding hydrogens is 519 g/mol. The summed E-state index contributed by atoms with van der Waals surface area (Å²) >= 11 is 0. The molecule has 0 aromatic carbocycles. The van der Waals surface area contributed by atoms with Crippen LogP contribution < -0.4 is 10.6 Å². The first kappa shape index (κ1) is 25.1. The van der Waals surface area contributed by atoms with Crippen molar-refractivity contribution >= 4 is 31.7 Å². The van der Waals surface area contributed by atoms with Gasteiger partial charge in [0.2, 0.25) is 11.8 Å². The van der Waals surface area contributed by atoms with Crippen molar-refractivity contribution in [1.82, 2.24) is 20.4 Å². The molecule has 5 heterocycles. The zero-order valence-corrected chi connectivity index (χ0v) is 20.7. The standard InChI is InChI=1S/C20H27N4O12P/c1-19-13-14-20(19,2)16(28)22-18(30)24(14)12-4-8(10(6-26)34-12)36-37(31,32)35-7-3-11(33-9(7)5-25)23(13)17(29)21-15(19)27/h7-14,25-26H,3-6H2,1-2H3,(H,31,32)(H,21,27,29)(H,22,28,30)/t7-,8-,9+,10+,11+,12+,13-,14+,19+,20-/m0/s1. The Morgan fingerprint density at radius 2 is 1.22 bits per heavy atom. The number of nitrogens with zero attached hydrogens (tertiary/aromatic N) is 2. The van der Waals surface area contributed by atoms with Crippen LogP contribution in [-0.4, -0.2) is 111 Å².